The van der Waals surface area contributed by atoms with Gasteiger partial charge in [0.2, 0.25) is 0 Å². The van der Waals surface area contributed by atoms with E-state index in [4.69, 9.17) is 0 Å². The van der Waals surface area contributed by atoms with Gasteiger partial charge in [-0.25, -0.2) is 9.97 Å². The maximum absolute atomic E-state index is 4.30. The van der Waals surface area contributed by atoms with Crippen molar-refractivity contribution in [2.45, 2.75) is 0 Å². The van der Waals surface area contributed by atoms with Crippen molar-refractivity contribution in [1.82, 2.24) is 9.97 Å². The maximum Gasteiger partial charge on any atom is 0.161 e. The lowest BCUT2D eigenvalue weighted by Gasteiger charge is -2.10. The summed E-state index contributed by atoms with van der Waals surface area (Å²) in [6.45, 7) is 0. The van der Waals surface area contributed by atoms with E-state index in [2.05, 4.69) is 15.3 Å². The molecular weight excluding hydrogens is 234 g/mol. The average molecular weight is 247 g/mol. The highest BCUT2D eigenvalue weighted by Gasteiger charge is 2.06. The number of para-hydroxylation sites is 2. The Kier molecular flexibility index (Phi) is 3.19. The summed E-state index contributed by atoms with van der Waals surface area (Å²) in [4.78, 5) is 8.60. The van der Waals surface area contributed by atoms with Crippen molar-refractivity contribution >= 4 is 11.4 Å². The number of benzene rings is 2. The first-order chi connectivity index (χ1) is 9.43. The Morgan fingerprint density at radius 2 is 1.37 bits per heavy atom. The molecule has 0 aliphatic rings. The van der Waals surface area contributed by atoms with Gasteiger partial charge >= 0.3 is 0 Å². The molecule has 1 aromatic heterocycles. The molecule has 0 saturated carbocycles. The van der Waals surface area contributed by atoms with E-state index in [9.17, 15) is 0 Å². The SMILES string of the molecule is c1ccc(Nc2ccccc2-c2ncccn2)cc1. The zero-order chi connectivity index (χ0) is 12.9. The second-order valence-electron chi connectivity index (χ2n) is 4.11. The molecule has 0 saturated heterocycles. The Hall–Kier alpha value is -2.68. The summed E-state index contributed by atoms with van der Waals surface area (Å²) >= 11 is 0. The fraction of sp³-hybridized carbons (Fsp3) is 0. The Labute approximate surface area is 112 Å². The molecule has 3 aromatic rings. The van der Waals surface area contributed by atoms with E-state index in [1.165, 1.54) is 0 Å². The number of hydrogen-bond donors (Lipinski definition) is 1. The van der Waals surface area contributed by atoms with Gasteiger partial charge in [0.1, 0.15) is 0 Å². The molecule has 0 radical (unpaired) electrons. The predicted molar refractivity (Wildman–Crippen MR) is 77.2 cm³/mol. The first-order valence-corrected chi connectivity index (χ1v) is 6.12. The van der Waals surface area contributed by atoms with Gasteiger partial charge in [-0.15, -0.1) is 0 Å². The number of hydrogen-bond acceptors (Lipinski definition) is 3. The van der Waals surface area contributed by atoms with Crippen molar-refractivity contribution in [3.8, 4) is 11.4 Å². The summed E-state index contributed by atoms with van der Waals surface area (Å²) in [7, 11) is 0. The average Bonchev–Trinajstić information content (AvgIpc) is 2.50. The molecule has 3 heteroatoms. The molecule has 1 heterocycles. The lowest BCUT2D eigenvalue weighted by atomic mass is 10.1. The smallest absolute Gasteiger partial charge is 0.161 e. The van der Waals surface area contributed by atoms with E-state index < -0.39 is 0 Å². The van der Waals surface area contributed by atoms with Crippen molar-refractivity contribution in [3.63, 3.8) is 0 Å². The minimum absolute atomic E-state index is 0.724. The monoisotopic (exact) mass is 247 g/mol. The van der Waals surface area contributed by atoms with Gasteiger partial charge in [0.15, 0.2) is 5.82 Å². The van der Waals surface area contributed by atoms with Crippen LogP contribution in [0.4, 0.5) is 11.4 Å². The van der Waals surface area contributed by atoms with E-state index in [1.807, 2.05) is 60.7 Å². The van der Waals surface area contributed by atoms with Gasteiger partial charge in [-0.2, -0.15) is 0 Å². The van der Waals surface area contributed by atoms with Gasteiger partial charge in [-0.1, -0.05) is 30.3 Å². The number of nitrogens with zero attached hydrogens (tertiary/aromatic N) is 2. The van der Waals surface area contributed by atoms with Crippen molar-refractivity contribution in [3.05, 3.63) is 73.1 Å². The number of rotatable bonds is 3. The first kappa shape index (κ1) is 11.4. The van der Waals surface area contributed by atoms with Crippen LogP contribution in [-0.2, 0) is 0 Å². The van der Waals surface area contributed by atoms with Crippen LogP contribution in [-0.4, -0.2) is 9.97 Å². The standard InChI is InChI=1S/C16H13N3/c1-2-7-13(8-3-1)19-15-10-5-4-9-14(15)16-17-11-6-12-18-16/h1-12,19H. The lowest BCUT2D eigenvalue weighted by molar-refractivity contribution is 1.18. The third-order valence-electron chi connectivity index (χ3n) is 2.79. The topological polar surface area (TPSA) is 37.8 Å². The summed E-state index contributed by atoms with van der Waals surface area (Å²) in [5, 5.41) is 3.39. The summed E-state index contributed by atoms with van der Waals surface area (Å²) < 4.78 is 0. The minimum atomic E-state index is 0.724. The second kappa shape index (κ2) is 5.31. The van der Waals surface area contributed by atoms with Crippen molar-refractivity contribution in [2.75, 3.05) is 5.32 Å². The van der Waals surface area contributed by atoms with Crippen molar-refractivity contribution in [1.29, 1.82) is 0 Å². The molecule has 2 aromatic carbocycles. The van der Waals surface area contributed by atoms with Gasteiger partial charge in [-0.05, 0) is 30.3 Å². The molecule has 3 nitrogen and oxygen atoms in total. The van der Waals surface area contributed by atoms with Gasteiger partial charge in [0.25, 0.3) is 0 Å². The summed E-state index contributed by atoms with van der Waals surface area (Å²) in [5.74, 6) is 0.724. The molecule has 0 fully saturated rings. The molecule has 0 aliphatic carbocycles. The Balaban J connectivity index is 1.99. The van der Waals surface area contributed by atoms with Crippen LogP contribution in [0.15, 0.2) is 73.1 Å². The molecule has 0 bridgehead atoms. The third kappa shape index (κ3) is 2.60. The largest absolute Gasteiger partial charge is 0.355 e. The Morgan fingerprint density at radius 1 is 0.684 bits per heavy atom. The minimum Gasteiger partial charge on any atom is -0.355 e. The maximum atomic E-state index is 4.30. The fourth-order valence-electron chi connectivity index (χ4n) is 1.90. The number of nitrogens with one attached hydrogen (secondary N) is 1. The van der Waals surface area contributed by atoms with Crippen molar-refractivity contribution < 1.29 is 0 Å². The van der Waals surface area contributed by atoms with Crippen LogP contribution >= 0.6 is 0 Å². The van der Waals surface area contributed by atoms with Gasteiger partial charge < -0.3 is 5.32 Å². The molecule has 92 valence electrons. The third-order valence-corrected chi connectivity index (χ3v) is 2.79. The zero-order valence-corrected chi connectivity index (χ0v) is 10.3. The molecule has 3 rings (SSSR count). The molecule has 1 N–H and O–H groups in total. The number of anilines is 2. The molecule has 0 amide bonds. The summed E-state index contributed by atoms with van der Waals surface area (Å²) in [6, 6.07) is 19.9. The quantitative estimate of drug-likeness (QED) is 0.763. The highest BCUT2D eigenvalue weighted by molar-refractivity contribution is 5.77. The lowest BCUT2D eigenvalue weighted by Crippen LogP contribution is -1.95. The molecule has 0 spiro atoms. The summed E-state index contributed by atoms with van der Waals surface area (Å²) in [5.41, 5.74) is 3.04. The molecular formula is C16H13N3. The fourth-order valence-corrected chi connectivity index (χ4v) is 1.90. The van der Waals surface area contributed by atoms with E-state index in [1.54, 1.807) is 12.4 Å². The van der Waals surface area contributed by atoms with Crippen LogP contribution < -0.4 is 5.32 Å². The first-order valence-electron chi connectivity index (χ1n) is 6.12. The molecule has 19 heavy (non-hydrogen) atoms. The number of aromatic nitrogens is 2. The van der Waals surface area contributed by atoms with Crippen LogP contribution in [0.1, 0.15) is 0 Å². The Morgan fingerprint density at radius 3 is 2.16 bits per heavy atom. The van der Waals surface area contributed by atoms with E-state index >= 15 is 0 Å². The molecule has 0 unspecified atom stereocenters. The van der Waals surface area contributed by atoms with Gasteiger partial charge in [0, 0.05) is 29.3 Å². The van der Waals surface area contributed by atoms with E-state index in [-0.39, 0.29) is 0 Å². The van der Waals surface area contributed by atoms with E-state index in [0.717, 1.165) is 22.8 Å². The second-order valence-corrected chi connectivity index (χ2v) is 4.11. The van der Waals surface area contributed by atoms with Crippen LogP contribution in [0.25, 0.3) is 11.4 Å². The molecule has 0 atom stereocenters. The Bertz CT molecular complexity index is 651. The van der Waals surface area contributed by atoms with Gasteiger partial charge in [0.05, 0.1) is 0 Å². The van der Waals surface area contributed by atoms with Crippen LogP contribution in [0, 0.1) is 0 Å². The predicted octanol–water partition coefficient (Wildman–Crippen LogP) is 3.89. The van der Waals surface area contributed by atoms with Crippen molar-refractivity contribution in [2.24, 2.45) is 0 Å². The van der Waals surface area contributed by atoms with Crippen LogP contribution in [0.2, 0.25) is 0 Å². The highest BCUT2D eigenvalue weighted by atomic mass is 14.9. The zero-order valence-electron chi connectivity index (χ0n) is 10.3. The van der Waals surface area contributed by atoms with Crippen LogP contribution in [0.5, 0.6) is 0 Å². The van der Waals surface area contributed by atoms with E-state index in [0.29, 0.717) is 0 Å². The molecule has 0 aliphatic heterocycles. The van der Waals surface area contributed by atoms with Crippen LogP contribution in [0.3, 0.4) is 0 Å². The normalized spacial score (nSPS) is 10.1. The highest BCUT2D eigenvalue weighted by Crippen LogP contribution is 2.27. The van der Waals surface area contributed by atoms with Gasteiger partial charge in [-0.3, -0.25) is 0 Å². The summed E-state index contributed by atoms with van der Waals surface area (Å²) in [6.07, 6.45) is 3.50.